The smallest absolute Gasteiger partial charge is 0.270 e. The number of carbonyl (C=O) groups excluding carboxylic acids is 2. The van der Waals surface area contributed by atoms with Crippen LogP contribution < -0.4 is 5.32 Å². The number of nitro benzene ring substituents is 1. The van der Waals surface area contributed by atoms with Gasteiger partial charge in [0.15, 0.2) is 0 Å². The minimum absolute atomic E-state index is 0.0254. The molecule has 7 nitrogen and oxygen atoms in total. The molecule has 0 spiro atoms. The minimum Gasteiger partial charge on any atom is -0.338 e. The maximum absolute atomic E-state index is 12.2. The molecule has 0 saturated carbocycles. The van der Waals surface area contributed by atoms with Crippen molar-refractivity contribution < 1.29 is 14.5 Å². The van der Waals surface area contributed by atoms with Crippen molar-refractivity contribution >= 4 is 29.3 Å². The molecule has 1 aliphatic rings. The zero-order valence-corrected chi connectivity index (χ0v) is 15.3. The van der Waals surface area contributed by atoms with Crippen LogP contribution in [0.25, 0.3) is 6.08 Å². The third kappa shape index (κ3) is 5.26. The third-order valence-corrected chi connectivity index (χ3v) is 4.50. The summed E-state index contributed by atoms with van der Waals surface area (Å²) in [6.07, 6.45) is 5.42. The van der Waals surface area contributed by atoms with Crippen LogP contribution in [0.4, 0.5) is 11.4 Å². The first kappa shape index (κ1) is 19.3. The Hall–Kier alpha value is -3.48. The summed E-state index contributed by atoms with van der Waals surface area (Å²) in [5.41, 5.74) is 2.13. The number of nitrogens with zero attached hydrogens (tertiary/aromatic N) is 2. The summed E-state index contributed by atoms with van der Waals surface area (Å²) in [5.74, 6) is -0.168. The van der Waals surface area contributed by atoms with E-state index in [1.165, 1.54) is 24.3 Å². The average Bonchev–Trinajstić information content (AvgIpc) is 2.69. The van der Waals surface area contributed by atoms with E-state index in [4.69, 9.17) is 0 Å². The molecule has 0 aromatic heterocycles. The molecule has 2 aromatic carbocycles. The second-order valence-corrected chi connectivity index (χ2v) is 6.65. The van der Waals surface area contributed by atoms with Crippen molar-refractivity contribution in [3.8, 4) is 0 Å². The standard InChI is InChI=1S/C21H21N3O4/c25-20(11-10-16-5-4-8-19(14-16)24(27)28)22-18-7-3-6-17(13-18)15-23-12-2-1-9-21(23)26/h3-8,10-11,13-14H,1-2,9,12,15H2,(H,22,25)/b11-10+. The van der Waals surface area contributed by atoms with E-state index in [1.54, 1.807) is 18.2 Å². The number of amides is 2. The topological polar surface area (TPSA) is 92.5 Å². The Bertz CT molecular complexity index is 923. The number of anilines is 1. The summed E-state index contributed by atoms with van der Waals surface area (Å²) < 4.78 is 0. The normalized spacial score (nSPS) is 14.3. The molecule has 0 unspecified atom stereocenters. The first-order valence-electron chi connectivity index (χ1n) is 9.11. The first-order valence-corrected chi connectivity index (χ1v) is 9.11. The fourth-order valence-corrected chi connectivity index (χ4v) is 3.09. The molecular formula is C21H21N3O4. The minimum atomic E-state index is -0.476. The highest BCUT2D eigenvalue weighted by Crippen LogP contribution is 2.18. The van der Waals surface area contributed by atoms with E-state index in [-0.39, 0.29) is 17.5 Å². The fraction of sp³-hybridized carbons (Fsp3) is 0.238. The van der Waals surface area contributed by atoms with Gasteiger partial charge in [0.25, 0.3) is 5.69 Å². The molecule has 1 fully saturated rings. The lowest BCUT2D eigenvalue weighted by atomic mass is 10.1. The quantitative estimate of drug-likeness (QED) is 0.470. The van der Waals surface area contributed by atoms with Crippen molar-refractivity contribution in [3.63, 3.8) is 0 Å². The number of hydrogen-bond donors (Lipinski definition) is 1. The van der Waals surface area contributed by atoms with Gasteiger partial charge >= 0.3 is 0 Å². The van der Waals surface area contributed by atoms with E-state index in [0.717, 1.165) is 24.9 Å². The predicted octanol–water partition coefficient (Wildman–Crippen LogP) is 3.76. The number of carbonyl (C=O) groups is 2. The molecule has 1 saturated heterocycles. The van der Waals surface area contributed by atoms with Crippen LogP contribution in [0.5, 0.6) is 0 Å². The Labute approximate surface area is 162 Å². The number of nitrogens with one attached hydrogen (secondary N) is 1. The second kappa shape index (κ2) is 8.94. The molecule has 2 amide bonds. The van der Waals surface area contributed by atoms with Crippen molar-refractivity contribution in [3.05, 3.63) is 75.8 Å². The Kier molecular flexibility index (Phi) is 6.16. The fourth-order valence-electron chi connectivity index (χ4n) is 3.09. The van der Waals surface area contributed by atoms with Crippen LogP contribution in [0.3, 0.4) is 0 Å². The van der Waals surface area contributed by atoms with E-state index in [2.05, 4.69) is 5.32 Å². The maximum Gasteiger partial charge on any atom is 0.270 e. The van der Waals surface area contributed by atoms with Gasteiger partial charge in [-0.15, -0.1) is 0 Å². The number of rotatable bonds is 6. The lowest BCUT2D eigenvalue weighted by Gasteiger charge is -2.26. The molecule has 1 heterocycles. The molecule has 28 heavy (non-hydrogen) atoms. The molecule has 3 rings (SSSR count). The van der Waals surface area contributed by atoms with Gasteiger partial charge in [0.1, 0.15) is 0 Å². The van der Waals surface area contributed by atoms with Crippen LogP contribution in [-0.4, -0.2) is 28.2 Å². The van der Waals surface area contributed by atoms with Crippen LogP contribution in [0.1, 0.15) is 30.4 Å². The number of likely N-dealkylation sites (tertiary alicyclic amines) is 1. The van der Waals surface area contributed by atoms with E-state index in [9.17, 15) is 19.7 Å². The van der Waals surface area contributed by atoms with Crippen LogP contribution in [0.2, 0.25) is 0 Å². The van der Waals surface area contributed by atoms with Gasteiger partial charge in [0.05, 0.1) is 4.92 Å². The van der Waals surface area contributed by atoms with Gasteiger partial charge in [0, 0.05) is 43.4 Å². The van der Waals surface area contributed by atoms with Gasteiger partial charge in [-0.1, -0.05) is 24.3 Å². The molecule has 2 aromatic rings. The van der Waals surface area contributed by atoms with E-state index in [0.29, 0.717) is 24.2 Å². The van der Waals surface area contributed by atoms with Crippen molar-refractivity contribution in [2.75, 3.05) is 11.9 Å². The van der Waals surface area contributed by atoms with Crippen LogP contribution in [-0.2, 0) is 16.1 Å². The molecule has 7 heteroatoms. The maximum atomic E-state index is 12.2. The van der Waals surface area contributed by atoms with E-state index < -0.39 is 4.92 Å². The number of hydrogen-bond acceptors (Lipinski definition) is 4. The largest absolute Gasteiger partial charge is 0.338 e. The highest BCUT2D eigenvalue weighted by molar-refractivity contribution is 6.02. The first-order chi connectivity index (χ1) is 13.5. The lowest BCUT2D eigenvalue weighted by molar-refractivity contribution is -0.384. The van der Waals surface area contributed by atoms with Gasteiger partial charge in [-0.05, 0) is 42.2 Å². The summed E-state index contributed by atoms with van der Waals surface area (Å²) in [6, 6.07) is 13.5. The van der Waals surface area contributed by atoms with Crippen molar-refractivity contribution in [2.24, 2.45) is 0 Å². The Balaban J connectivity index is 1.61. The van der Waals surface area contributed by atoms with Gasteiger partial charge in [0.2, 0.25) is 11.8 Å². The predicted molar refractivity (Wildman–Crippen MR) is 106 cm³/mol. The molecule has 0 bridgehead atoms. The van der Waals surface area contributed by atoms with Gasteiger partial charge in [-0.2, -0.15) is 0 Å². The molecule has 1 aliphatic heterocycles. The SMILES string of the molecule is O=C(/C=C/c1cccc([N+](=O)[O-])c1)Nc1cccc(CN2CCCCC2=O)c1. The third-order valence-electron chi connectivity index (χ3n) is 4.50. The zero-order chi connectivity index (χ0) is 19.9. The lowest BCUT2D eigenvalue weighted by Crippen LogP contribution is -2.34. The summed E-state index contributed by atoms with van der Waals surface area (Å²) in [7, 11) is 0. The molecule has 144 valence electrons. The van der Waals surface area contributed by atoms with Crippen LogP contribution >= 0.6 is 0 Å². The van der Waals surface area contributed by atoms with E-state index >= 15 is 0 Å². The van der Waals surface area contributed by atoms with Gasteiger partial charge in [-0.25, -0.2) is 0 Å². The average molecular weight is 379 g/mol. The van der Waals surface area contributed by atoms with Crippen molar-refractivity contribution in [1.82, 2.24) is 4.90 Å². The van der Waals surface area contributed by atoms with E-state index in [1.807, 2.05) is 23.1 Å². The van der Waals surface area contributed by atoms with Crippen molar-refractivity contribution in [1.29, 1.82) is 0 Å². The summed E-state index contributed by atoms with van der Waals surface area (Å²) >= 11 is 0. The Morgan fingerprint density at radius 1 is 1.18 bits per heavy atom. The molecule has 0 aliphatic carbocycles. The Morgan fingerprint density at radius 3 is 2.79 bits per heavy atom. The van der Waals surface area contributed by atoms with Gasteiger partial charge in [-0.3, -0.25) is 19.7 Å². The molecule has 1 N–H and O–H groups in total. The van der Waals surface area contributed by atoms with Crippen LogP contribution in [0.15, 0.2) is 54.6 Å². The number of non-ortho nitro benzene ring substituents is 1. The summed E-state index contributed by atoms with van der Waals surface area (Å²) in [5, 5.41) is 13.6. The number of benzene rings is 2. The van der Waals surface area contributed by atoms with Crippen LogP contribution in [0, 0.1) is 10.1 Å². The summed E-state index contributed by atoms with van der Waals surface area (Å²) in [4.78, 5) is 36.3. The van der Waals surface area contributed by atoms with Crippen molar-refractivity contribution in [2.45, 2.75) is 25.8 Å². The number of piperidine rings is 1. The highest BCUT2D eigenvalue weighted by Gasteiger charge is 2.18. The highest BCUT2D eigenvalue weighted by atomic mass is 16.6. The van der Waals surface area contributed by atoms with Gasteiger partial charge < -0.3 is 10.2 Å². The number of nitro groups is 1. The molecular weight excluding hydrogens is 358 g/mol. The summed E-state index contributed by atoms with van der Waals surface area (Å²) in [6.45, 7) is 1.30. The Morgan fingerprint density at radius 2 is 2.00 bits per heavy atom. The molecule has 0 radical (unpaired) electrons. The second-order valence-electron chi connectivity index (χ2n) is 6.65. The monoisotopic (exact) mass is 379 g/mol. The molecule has 0 atom stereocenters. The zero-order valence-electron chi connectivity index (χ0n) is 15.3.